The van der Waals surface area contributed by atoms with Gasteiger partial charge < -0.3 is 33.9 Å². The Morgan fingerprint density at radius 1 is 0.533 bits per heavy atom. The first kappa shape index (κ1) is 33.8. The Balaban J connectivity index is 1.92. The number of ether oxygens (including phenoxy) is 5. The fourth-order valence-electron chi connectivity index (χ4n) is 6.51. The number of aliphatic hydroxyl groups is 2. The predicted molar refractivity (Wildman–Crippen MR) is 177 cm³/mol. The number of aliphatic hydroxyl groups excluding tert-OH is 2. The van der Waals surface area contributed by atoms with E-state index < -0.39 is 23.0 Å². The van der Waals surface area contributed by atoms with Crippen molar-refractivity contribution in [2.75, 3.05) is 41.7 Å². The molecule has 4 aromatic rings. The summed E-state index contributed by atoms with van der Waals surface area (Å²) in [5.41, 5.74) is 1.99. The molecule has 0 aliphatic heterocycles. The van der Waals surface area contributed by atoms with Gasteiger partial charge >= 0.3 is 0 Å². The molecule has 4 unspecified atom stereocenters. The van der Waals surface area contributed by atoms with Gasteiger partial charge in [-0.3, -0.25) is 0 Å². The number of hydrogen-bond acceptors (Lipinski definition) is 7. The molecule has 45 heavy (non-hydrogen) atoms. The molecule has 2 N–H and O–H groups in total. The molecule has 240 valence electrons. The van der Waals surface area contributed by atoms with Gasteiger partial charge in [0.25, 0.3) is 0 Å². The van der Waals surface area contributed by atoms with Crippen molar-refractivity contribution in [2.45, 2.75) is 49.7 Å². The summed E-state index contributed by atoms with van der Waals surface area (Å²) in [7, 11) is 6.55. The summed E-state index contributed by atoms with van der Waals surface area (Å²) in [6.45, 7) is 3.97. The van der Waals surface area contributed by atoms with Crippen LogP contribution in [0, 0.1) is 0 Å². The third-order valence-corrected chi connectivity index (χ3v) is 8.48. The van der Waals surface area contributed by atoms with Crippen LogP contribution in [0.15, 0.2) is 97.1 Å². The number of rotatable bonds is 16. The molecule has 4 aromatic carbocycles. The van der Waals surface area contributed by atoms with Gasteiger partial charge in [0.2, 0.25) is 0 Å². The lowest BCUT2D eigenvalue weighted by Crippen LogP contribution is -2.41. The third-order valence-electron chi connectivity index (χ3n) is 8.48. The van der Waals surface area contributed by atoms with Crippen LogP contribution in [0.25, 0.3) is 0 Å². The van der Waals surface area contributed by atoms with Crippen molar-refractivity contribution in [1.29, 1.82) is 0 Å². The zero-order valence-electron chi connectivity index (χ0n) is 27.2. The predicted octanol–water partition coefficient (Wildman–Crippen LogP) is 6.55. The van der Waals surface area contributed by atoms with Crippen molar-refractivity contribution < 1.29 is 33.9 Å². The Morgan fingerprint density at radius 2 is 0.911 bits per heavy atom. The zero-order valence-corrected chi connectivity index (χ0v) is 27.2. The average Bonchev–Trinajstić information content (AvgIpc) is 3.07. The monoisotopic (exact) mass is 614 g/mol. The lowest BCUT2D eigenvalue weighted by atomic mass is 9.69. The Hall–Kier alpha value is -4.04. The smallest absolute Gasteiger partial charge is 0.123 e. The van der Waals surface area contributed by atoms with Crippen LogP contribution in [0.2, 0.25) is 0 Å². The summed E-state index contributed by atoms with van der Waals surface area (Å²) in [5.74, 6) is 2.67. The van der Waals surface area contributed by atoms with Crippen molar-refractivity contribution in [3.63, 3.8) is 0 Å². The number of benzene rings is 4. The maximum Gasteiger partial charge on any atom is 0.123 e. The Kier molecular flexibility index (Phi) is 11.5. The van der Waals surface area contributed by atoms with Crippen molar-refractivity contribution in [3.05, 3.63) is 119 Å². The molecule has 0 aliphatic carbocycles. The van der Waals surface area contributed by atoms with E-state index in [1.807, 2.05) is 72.8 Å². The van der Waals surface area contributed by atoms with Crippen molar-refractivity contribution >= 4 is 0 Å². The van der Waals surface area contributed by atoms with E-state index in [0.717, 1.165) is 22.3 Å². The molecule has 0 saturated heterocycles. The van der Waals surface area contributed by atoms with Crippen molar-refractivity contribution in [1.82, 2.24) is 0 Å². The SMILES string of the molecule is COc1ccc(OC)c(C(COCC(CC(C)O)(c2ccccc2)c2cc(OC)ccc2OC)(CC(C)O)c2ccccc2)c1. The van der Waals surface area contributed by atoms with Crippen LogP contribution in [0.4, 0.5) is 0 Å². The molecule has 4 rings (SSSR count). The van der Waals surface area contributed by atoms with Crippen molar-refractivity contribution in [3.8, 4) is 23.0 Å². The van der Waals surface area contributed by atoms with Crippen LogP contribution >= 0.6 is 0 Å². The van der Waals surface area contributed by atoms with E-state index in [1.165, 1.54) is 0 Å². The molecular weight excluding hydrogens is 568 g/mol. The summed E-state index contributed by atoms with van der Waals surface area (Å²) < 4.78 is 30.0. The zero-order chi connectivity index (χ0) is 32.5. The summed E-state index contributed by atoms with van der Waals surface area (Å²) in [6, 6.07) is 31.5. The topological polar surface area (TPSA) is 86.6 Å². The van der Waals surface area contributed by atoms with E-state index in [1.54, 1.807) is 42.3 Å². The third kappa shape index (κ3) is 7.44. The molecule has 0 fully saturated rings. The molecule has 0 aromatic heterocycles. The maximum absolute atomic E-state index is 11.0. The molecule has 0 amide bonds. The number of hydrogen-bond donors (Lipinski definition) is 2. The minimum Gasteiger partial charge on any atom is -0.497 e. The van der Waals surface area contributed by atoms with Crippen LogP contribution < -0.4 is 18.9 Å². The molecular formula is C38H46O7. The van der Waals surface area contributed by atoms with Gasteiger partial charge in [0.15, 0.2) is 0 Å². The van der Waals surface area contributed by atoms with E-state index in [0.29, 0.717) is 35.8 Å². The quantitative estimate of drug-likeness (QED) is 0.148. The molecule has 0 bridgehead atoms. The first-order valence-corrected chi connectivity index (χ1v) is 15.2. The highest BCUT2D eigenvalue weighted by Gasteiger charge is 2.43. The molecule has 0 aliphatic rings. The van der Waals surface area contributed by atoms with Crippen LogP contribution in [-0.2, 0) is 15.6 Å². The van der Waals surface area contributed by atoms with E-state index in [9.17, 15) is 10.2 Å². The van der Waals surface area contributed by atoms with E-state index in [2.05, 4.69) is 24.3 Å². The minimum atomic E-state index is -0.818. The van der Waals surface area contributed by atoms with E-state index in [4.69, 9.17) is 23.7 Å². The highest BCUT2D eigenvalue weighted by Crippen LogP contribution is 2.46. The van der Waals surface area contributed by atoms with Crippen LogP contribution in [0.3, 0.4) is 0 Å². The van der Waals surface area contributed by atoms with Gasteiger partial charge in [-0.05, 0) is 74.2 Å². The highest BCUT2D eigenvalue weighted by molar-refractivity contribution is 5.53. The Morgan fingerprint density at radius 3 is 1.22 bits per heavy atom. The van der Waals surface area contributed by atoms with Crippen LogP contribution in [0.1, 0.15) is 48.9 Å². The normalized spacial score (nSPS) is 15.3. The molecule has 0 spiro atoms. The second kappa shape index (κ2) is 15.3. The molecule has 0 radical (unpaired) electrons. The van der Waals surface area contributed by atoms with Crippen molar-refractivity contribution in [2.24, 2.45) is 0 Å². The second-order valence-corrected chi connectivity index (χ2v) is 11.6. The molecule has 0 saturated carbocycles. The lowest BCUT2D eigenvalue weighted by Gasteiger charge is -2.40. The number of methoxy groups -OCH3 is 4. The fraction of sp³-hybridized carbons (Fsp3) is 0.368. The van der Waals surface area contributed by atoms with Gasteiger partial charge in [-0.15, -0.1) is 0 Å². The first-order chi connectivity index (χ1) is 21.7. The van der Waals surface area contributed by atoms with Gasteiger partial charge in [0.05, 0.1) is 53.9 Å². The first-order valence-electron chi connectivity index (χ1n) is 15.2. The molecule has 4 atom stereocenters. The molecule has 7 heteroatoms. The molecule has 7 nitrogen and oxygen atoms in total. The van der Waals surface area contributed by atoms with Gasteiger partial charge in [0, 0.05) is 22.0 Å². The Bertz CT molecular complexity index is 1380. The fourth-order valence-corrected chi connectivity index (χ4v) is 6.51. The van der Waals surface area contributed by atoms with Gasteiger partial charge in [0.1, 0.15) is 23.0 Å². The standard InChI is InChI=1S/C38H46O7/c1-27(39)23-37(29-13-9-7-10-14-29,33-21-31(41-3)17-19-35(33)43-5)25-45-26-38(24-28(2)40,30-15-11-8-12-16-30)34-22-32(42-4)18-20-36(34)44-6/h7-22,27-28,39-40H,23-26H2,1-6H3. The average molecular weight is 615 g/mol. The summed E-state index contributed by atoms with van der Waals surface area (Å²) in [6.07, 6.45) is -0.616. The van der Waals surface area contributed by atoms with E-state index >= 15 is 0 Å². The summed E-state index contributed by atoms with van der Waals surface area (Å²) in [5, 5.41) is 21.9. The second-order valence-electron chi connectivity index (χ2n) is 11.6. The van der Waals surface area contributed by atoms with Gasteiger partial charge in [-0.1, -0.05) is 60.7 Å². The van der Waals surface area contributed by atoms with Gasteiger partial charge in [-0.2, -0.15) is 0 Å². The minimum absolute atomic E-state index is 0.201. The van der Waals surface area contributed by atoms with Gasteiger partial charge in [-0.25, -0.2) is 0 Å². The summed E-state index contributed by atoms with van der Waals surface area (Å²) in [4.78, 5) is 0. The van der Waals surface area contributed by atoms with E-state index in [-0.39, 0.29) is 13.2 Å². The lowest BCUT2D eigenvalue weighted by molar-refractivity contribution is 0.0324. The molecule has 0 heterocycles. The van der Waals surface area contributed by atoms with Crippen LogP contribution in [0.5, 0.6) is 23.0 Å². The largest absolute Gasteiger partial charge is 0.497 e. The van der Waals surface area contributed by atoms with Crippen LogP contribution in [-0.4, -0.2) is 64.1 Å². The Labute approximate surface area is 267 Å². The highest BCUT2D eigenvalue weighted by atomic mass is 16.5. The summed E-state index contributed by atoms with van der Waals surface area (Å²) >= 11 is 0. The maximum atomic E-state index is 11.0.